The highest BCUT2D eigenvalue weighted by atomic mass is 16.5. The fourth-order valence-corrected chi connectivity index (χ4v) is 2.35. The van der Waals surface area contributed by atoms with Crippen LogP contribution < -0.4 is 0 Å². The topological polar surface area (TPSA) is 62.6 Å². The van der Waals surface area contributed by atoms with Crippen LogP contribution in [-0.4, -0.2) is 50.3 Å². The highest BCUT2D eigenvalue weighted by Gasteiger charge is 2.43. The van der Waals surface area contributed by atoms with Gasteiger partial charge in [0.15, 0.2) is 0 Å². The van der Waals surface area contributed by atoms with Gasteiger partial charge in [-0.15, -0.1) is 0 Å². The number of carbonyl (C=O) groups excluding carboxylic acids is 1. The van der Waals surface area contributed by atoms with Crippen molar-refractivity contribution in [3.8, 4) is 6.07 Å². The molecule has 0 saturated carbocycles. The van der Waals surface area contributed by atoms with Crippen molar-refractivity contribution >= 4 is 5.91 Å². The van der Waals surface area contributed by atoms with Crippen LogP contribution in [0.4, 0.5) is 0 Å². The Hall–Kier alpha value is -1.12. The van der Waals surface area contributed by atoms with Gasteiger partial charge in [-0.1, -0.05) is 0 Å². The second-order valence-corrected chi connectivity index (χ2v) is 4.70. The minimum absolute atomic E-state index is 0.0134. The molecular weight excluding hydrogens is 232 g/mol. The second kappa shape index (κ2) is 6.72. The van der Waals surface area contributed by atoms with Crippen molar-refractivity contribution in [1.29, 1.82) is 5.26 Å². The number of methoxy groups -OCH3 is 1. The highest BCUT2D eigenvalue weighted by Crippen LogP contribution is 2.32. The van der Waals surface area contributed by atoms with Gasteiger partial charge in [0.1, 0.15) is 5.41 Å². The van der Waals surface area contributed by atoms with Gasteiger partial charge in [0.2, 0.25) is 5.91 Å². The van der Waals surface area contributed by atoms with Crippen molar-refractivity contribution in [1.82, 2.24) is 4.90 Å². The Balaban J connectivity index is 2.84. The van der Waals surface area contributed by atoms with E-state index in [-0.39, 0.29) is 11.9 Å². The molecule has 1 heterocycles. The predicted molar refractivity (Wildman–Crippen MR) is 66.8 cm³/mol. The number of rotatable bonds is 5. The Morgan fingerprint density at radius 3 is 2.61 bits per heavy atom. The maximum absolute atomic E-state index is 12.6. The Kier molecular flexibility index (Phi) is 5.57. The Labute approximate surface area is 109 Å². The third kappa shape index (κ3) is 3.01. The SMILES string of the molecule is CCN(C(=O)C1(C#N)CCOCC1)C(C)COC. The molecule has 1 atom stereocenters. The Morgan fingerprint density at radius 1 is 1.56 bits per heavy atom. The first kappa shape index (κ1) is 14.9. The Morgan fingerprint density at radius 2 is 2.17 bits per heavy atom. The lowest BCUT2D eigenvalue weighted by atomic mass is 9.80. The lowest BCUT2D eigenvalue weighted by Gasteiger charge is -2.37. The lowest BCUT2D eigenvalue weighted by molar-refractivity contribution is -0.146. The standard InChI is InChI=1S/C13H22N2O3/c1-4-15(11(2)9-17-3)12(16)13(10-14)5-7-18-8-6-13/h11H,4-9H2,1-3H3. The van der Waals surface area contributed by atoms with Crippen LogP contribution in [0.15, 0.2) is 0 Å². The monoisotopic (exact) mass is 254 g/mol. The molecule has 1 fully saturated rings. The van der Waals surface area contributed by atoms with E-state index in [2.05, 4.69) is 6.07 Å². The minimum Gasteiger partial charge on any atom is -0.383 e. The first-order valence-electron chi connectivity index (χ1n) is 6.40. The normalized spacial score (nSPS) is 19.9. The maximum Gasteiger partial charge on any atom is 0.243 e. The quantitative estimate of drug-likeness (QED) is 0.739. The van der Waals surface area contributed by atoms with Crippen molar-refractivity contribution in [2.45, 2.75) is 32.7 Å². The summed E-state index contributed by atoms with van der Waals surface area (Å²) in [5.74, 6) is -0.0830. The van der Waals surface area contributed by atoms with Crippen LogP contribution >= 0.6 is 0 Å². The molecule has 1 amide bonds. The van der Waals surface area contributed by atoms with Crippen LogP contribution in [0, 0.1) is 16.7 Å². The van der Waals surface area contributed by atoms with Gasteiger partial charge in [-0.2, -0.15) is 5.26 Å². The summed E-state index contributed by atoms with van der Waals surface area (Å²) in [4.78, 5) is 14.3. The number of hydrogen-bond acceptors (Lipinski definition) is 4. The van der Waals surface area contributed by atoms with Crippen LogP contribution in [0.5, 0.6) is 0 Å². The predicted octanol–water partition coefficient (Wildman–Crippen LogP) is 1.19. The van der Waals surface area contributed by atoms with Gasteiger partial charge in [0.05, 0.1) is 18.7 Å². The van der Waals surface area contributed by atoms with Crippen molar-refractivity contribution in [3.05, 3.63) is 0 Å². The van der Waals surface area contributed by atoms with E-state index >= 15 is 0 Å². The third-order valence-electron chi connectivity index (χ3n) is 3.51. The summed E-state index contributed by atoms with van der Waals surface area (Å²) in [6.45, 7) is 5.90. The van der Waals surface area contributed by atoms with E-state index in [0.717, 1.165) is 0 Å². The zero-order valence-corrected chi connectivity index (χ0v) is 11.4. The summed E-state index contributed by atoms with van der Waals surface area (Å²) in [7, 11) is 1.61. The number of amides is 1. The van der Waals surface area contributed by atoms with Crippen LogP contribution in [0.1, 0.15) is 26.7 Å². The average Bonchev–Trinajstić information content (AvgIpc) is 2.40. The van der Waals surface area contributed by atoms with E-state index in [0.29, 0.717) is 39.2 Å². The second-order valence-electron chi connectivity index (χ2n) is 4.70. The van der Waals surface area contributed by atoms with Gasteiger partial charge in [0, 0.05) is 26.9 Å². The molecule has 18 heavy (non-hydrogen) atoms. The molecule has 0 spiro atoms. The smallest absolute Gasteiger partial charge is 0.243 e. The number of nitrogens with zero attached hydrogens (tertiary/aromatic N) is 2. The summed E-state index contributed by atoms with van der Waals surface area (Å²) in [6, 6.07) is 2.20. The molecule has 0 N–H and O–H groups in total. The highest BCUT2D eigenvalue weighted by molar-refractivity contribution is 5.85. The van der Waals surface area contributed by atoms with Crippen LogP contribution in [0.2, 0.25) is 0 Å². The van der Waals surface area contributed by atoms with Gasteiger partial charge in [-0.3, -0.25) is 4.79 Å². The molecule has 102 valence electrons. The largest absolute Gasteiger partial charge is 0.383 e. The molecule has 1 saturated heterocycles. The number of carbonyl (C=O) groups is 1. The van der Waals surface area contributed by atoms with Gasteiger partial charge >= 0.3 is 0 Å². The summed E-state index contributed by atoms with van der Waals surface area (Å²) in [5.41, 5.74) is -0.906. The van der Waals surface area contributed by atoms with E-state index in [1.165, 1.54) is 0 Å². The molecule has 0 aromatic rings. The maximum atomic E-state index is 12.6. The van der Waals surface area contributed by atoms with Crippen LogP contribution in [0.25, 0.3) is 0 Å². The molecule has 1 rings (SSSR count). The molecule has 0 aromatic carbocycles. The van der Waals surface area contributed by atoms with E-state index in [9.17, 15) is 10.1 Å². The van der Waals surface area contributed by atoms with Gasteiger partial charge in [0.25, 0.3) is 0 Å². The zero-order chi connectivity index (χ0) is 13.6. The number of likely N-dealkylation sites (N-methyl/N-ethyl adjacent to an activating group) is 1. The van der Waals surface area contributed by atoms with Crippen molar-refractivity contribution < 1.29 is 14.3 Å². The third-order valence-corrected chi connectivity index (χ3v) is 3.51. The van der Waals surface area contributed by atoms with Crippen molar-refractivity contribution in [3.63, 3.8) is 0 Å². The lowest BCUT2D eigenvalue weighted by Crippen LogP contribution is -2.50. The van der Waals surface area contributed by atoms with Gasteiger partial charge < -0.3 is 14.4 Å². The van der Waals surface area contributed by atoms with Crippen LogP contribution in [-0.2, 0) is 14.3 Å². The molecule has 5 nitrogen and oxygen atoms in total. The number of nitriles is 1. The Bertz CT molecular complexity index is 319. The molecule has 1 aliphatic rings. The van der Waals surface area contributed by atoms with E-state index in [1.54, 1.807) is 12.0 Å². The van der Waals surface area contributed by atoms with E-state index < -0.39 is 5.41 Å². The van der Waals surface area contributed by atoms with E-state index in [1.807, 2.05) is 13.8 Å². The fraction of sp³-hybridized carbons (Fsp3) is 0.846. The summed E-state index contributed by atoms with van der Waals surface area (Å²) < 4.78 is 10.3. The molecule has 1 unspecified atom stereocenters. The molecule has 0 aromatic heterocycles. The summed E-state index contributed by atoms with van der Waals surface area (Å²) >= 11 is 0. The molecular formula is C13H22N2O3. The van der Waals surface area contributed by atoms with Crippen molar-refractivity contribution in [2.75, 3.05) is 33.5 Å². The molecule has 0 aliphatic carbocycles. The number of hydrogen-bond donors (Lipinski definition) is 0. The average molecular weight is 254 g/mol. The van der Waals surface area contributed by atoms with Gasteiger partial charge in [-0.05, 0) is 26.7 Å². The van der Waals surface area contributed by atoms with Gasteiger partial charge in [-0.25, -0.2) is 0 Å². The molecule has 0 bridgehead atoms. The molecule has 5 heteroatoms. The fourth-order valence-electron chi connectivity index (χ4n) is 2.35. The van der Waals surface area contributed by atoms with E-state index in [4.69, 9.17) is 9.47 Å². The summed E-state index contributed by atoms with van der Waals surface area (Å²) in [5, 5.41) is 9.38. The van der Waals surface area contributed by atoms with Crippen molar-refractivity contribution in [2.24, 2.45) is 5.41 Å². The first-order chi connectivity index (χ1) is 8.61. The first-order valence-corrected chi connectivity index (χ1v) is 6.40. The minimum atomic E-state index is -0.906. The summed E-state index contributed by atoms with van der Waals surface area (Å²) in [6.07, 6.45) is 0.969. The van der Waals surface area contributed by atoms with Crippen LogP contribution in [0.3, 0.4) is 0 Å². The zero-order valence-electron chi connectivity index (χ0n) is 11.4. The molecule has 1 aliphatic heterocycles. The number of ether oxygens (including phenoxy) is 2. The molecule has 0 radical (unpaired) electrons.